The summed E-state index contributed by atoms with van der Waals surface area (Å²) in [7, 11) is 5.17. The fraction of sp³-hybridized carbons (Fsp3) is 0.263. The van der Waals surface area contributed by atoms with Crippen LogP contribution >= 0.6 is 12.6 Å². The van der Waals surface area contributed by atoms with Crippen molar-refractivity contribution in [1.82, 2.24) is 19.7 Å². The molecule has 4 aromatic carbocycles. The van der Waals surface area contributed by atoms with Crippen molar-refractivity contribution in [3.8, 4) is 5.75 Å². The second-order valence-electron chi connectivity index (χ2n) is 11.3. The molecule has 0 saturated carbocycles. The predicted molar refractivity (Wildman–Crippen MR) is 204 cm³/mol. The molecule has 2 heterocycles. The van der Waals surface area contributed by atoms with E-state index < -0.39 is 0 Å². The Bertz CT molecular complexity index is 2040. The predicted octanol–water partition coefficient (Wildman–Crippen LogP) is 5.70. The molecule has 0 radical (unpaired) electrons. The number of carbonyl (C=O) groups excluding carboxylic acids is 4. The number of methoxy groups -OCH3 is 1. The largest absolute Gasteiger partial charge is 0.496 e. The molecule has 0 bridgehead atoms. The van der Waals surface area contributed by atoms with E-state index in [1.165, 1.54) is 4.90 Å². The van der Waals surface area contributed by atoms with Crippen molar-refractivity contribution >= 4 is 69.2 Å². The number of amides is 4. The first-order valence-corrected chi connectivity index (χ1v) is 17.2. The maximum absolute atomic E-state index is 13.9. The lowest BCUT2D eigenvalue weighted by Crippen LogP contribution is -2.45. The van der Waals surface area contributed by atoms with Crippen LogP contribution < -0.4 is 21.1 Å². The van der Waals surface area contributed by atoms with Crippen LogP contribution in [0.2, 0.25) is 0 Å². The molecular weight excluding hydrogens is 653 g/mol. The van der Waals surface area contributed by atoms with E-state index in [-0.39, 0.29) is 30.2 Å². The van der Waals surface area contributed by atoms with E-state index in [4.69, 9.17) is 10.5 Å². The summed E-state index contributed by atoms with van der Waals surface area (Å²) in [5.41, 5.74) is 8.51. The van der Waals surface area contributed by atoms with Gasteiger partial charge in [0.1, 0.15) is 11.4 Å². The summed E-state index contributed by atoms with van der Waals surface area (Å²) in [6.45, 7) is 5.42. The zero-order chi connectivity index (χ0) is 36.5. The lowest BCUT2D eigenvalue weighted by Gasteiger charge is -2.30. The zero-order valence-electron chi connectivity index (χ0n) is 29.2. The van der Waals surface area contributed by atoms with Gasteiger partial charge in [-0.05, 0) is 66.5 Å². The Hall–Kier alpha value is -5.33. The Morgan fingerprint density at radius 3 is 2.36 bits per heavy atom. The molecule has 4 N–H and O–H groups in total. The van der Waals surface area contributed by atoms with Gasteiger partial charge in [0.2, 0.25) is 0 Å². The molecule has 5 aromatic rings. The average Bonchev–Trinajstić information content (AvgIpc) is 3.50. The normalized spacial score (nSPS) is 11.9. The number of nitrogen functional groups attached to an aromatic ring is 1. The first-order chi connectivity index (χ1) is 24.2. The van der Waals surface area contributed by atoms with Gasteiger partial charge in [-0.3, -0.25) is 24.1 Å². The molecule has 12 heteroatoms. The highest BCUT2D eigenvalue weighted by Crippen LogP contribution is 2.39. The molecule has 50 heavy (non-hydrogen) atoms. The van der Waals surface area contributed by atoms with E-state index >= 15 is 0 Å². The fourth-order valence-corrected chi connectivity index (χ4v) is 5.88. The van der Waals surface area contributed by atoms with Gasteiger partial charge in [-0.25, -0.2) is 0 Å². The minimum absolute atomic E-state index is 0.187. The number of aromatic nitrogens is 1. The Kier molecular flexibility index (Phi) is 12.6. The number of ether oxygens (including phenoxy) is 1. The molecule has 1 aliphatic heterocycles. The SMILES string of the molecule is CC.COc1ccc2c3c(c4ccccc4cc13)C(=O)N(CCN(C)CCNC(=O)c1cc(NC(=O)c3cccc(N)c3)cn1C)C2=O.CS. The van der Waals surface area contributed by atoms with E-state index in [2.05, 4.69) is 23.3 Å². The molecular formula is C38H44N6O5S. The fourth-order valence-electron chi connectivity index (χ4n) is 5.88. The molecule has 4 amide bonds. The molecule has 1 aliphatic rings. The van der Waals surface area contributed by atoms with Gasteiger partial charge in [0.15, 0.2) is 0 Å². The van der Waals surface area contributed by atoms with Crippen molar-refractivity contribution in [2.45, 2.75) is 13.8 Å². The molecule has 6 rings (SSSR count). The molecule has 0 atom stereocenters. The summed E-state index contributed by atoms with van der Waals surface area (Å²) in [5, 5.41) is 8.72. The quantitative estimate of drug-likeness (QED) is 0.0636. The van der Waals surface area contributed by atoms with Crippen molar-refractivity contribution in [1.29, 1.82) is 0 Å². The Labute approximate surface area is 297 Å². The van der Waals surface area contributed by atoms with E-state index in [1.54, 1.807) is 73.6 Å². The van der Waals surface area contributed by atoms with Crippen LogP contribution in [0.5, 0.6) is 5.75 Å². The number of benzene rings is 4. The minimum atomic E-state index is -0.343. The van der Waals surface area contributed by atoms with Crippen LogP contribution in [0.25, 0.3) is 21.5 Å². The van der Waals surface area contributed by atoms with Crippen LogP contribution in [0.15, 0.2) is 79.0 Å². The lowest BCUT2D eigenvalue weighted by molar-refractivity contribution is 0.0599. The Morgan fingerprint density at radius 1 is 0.900 bits per heavy atom. The molecule has 0 unspecified atom stereocenters. The third-order valence-corrected chi connectivity index (χ3v) is 8.27. The van der Waals surface area contributed by atoms with Gasteiger partial charge in [-0.15, -0.1) is 0 Å². The lowest BCUT2D eigenvalue weighted by atomic mass is 9.89. The first kappa shape index (κ1) is 37.5. The number of rotatable bonds is 10. The first-order valence-electron chi connectivity index (χ1n) is 16.3. The van der Waals surface area contributed by atoms with Crippen LogP contribution in [0.3, 0.4) is 0 Å². The molecule has 262 valence electrons. The number of hydrogen-bond donors (Lipinski definition) is 4. The van der Waals surface area contributed by atoms with Crippen LogP contribution in [0.4, 0.5) is 11.4 Å². The summed E-state index contributed by atoms with van der Waals surface area (Å²) in [4.78, 5) is 56.2. The minimum Gasteiger partial charge on any atom is -0.496 e. The monoisotopic (exact) mass is 696 g/mol. The van der Waals surface area contributed by atoms with Gasteiger partial charge in [0.05, 0.1) is 18.4 Å². The van der Waals surface area contributed by atoms with Crippen molar-refractivity contribution in [2.24, 2.45) is 7.05 Å². The third-order valence-electron chi connectivity index (χ3n) is 8.27. The number of nitrogens with one attached hydrogen (secondary N) is 2. The van der Waals surface area contributed by atoms with Crippen molar-refractivity contribution in [3.63, 3.8) is 0 Å². The number of fused-ring (bicyclic) bond motifs is 2. The number of aryl methyl sites for hydroxylation is 1. The van der Waals surface area contributed by atoms with Crippen LogP contribution in [0, 0.1) is 0 Å². The second kappa shape index (κ2) is 16.9. The average molecular weight is 697 g/mol. The summed E-state index contributed by atoms with van der Waals surface area (Å²) < 4.78 is 7.20. The summed E-state index contributed by atoms with van der Waals surface area (Å²) in [6, 6.07) is 21.3. The standard InChI is InChI=1S/C35H34N6O5.C2H6.CH4S/c1-39(14-13-37-33(43)28-19-24(20-40(28)2)38-32(42)22-8-6-9-23(36)17-22)15-16-41-34(44)26-11-12-29(46-3)27-18-21-7-4-5-10-25(21)31(30(26)27)35(41)45;2*1-2/h4-12,17-20H,13-16,36H2,1-3H3,(H,37,43)(H,38,42);1-2H3;2H,1H3. The number of nitrogens with zero attached hydrogens (tertiary/aromatic N) is 3. The third kappa shape index (κ3) is 7.77. The van der Waals surface area contributed by atoms with Crippen LogP contribution in [-0.4, -0.2) is 84.6 Å². The van der Waals surface area contributed by atoms with E-state index in [0.717, 1.165) is 16.2 Å². The number of hydrogen-bond acceptors (Lipinski definition) is 8. The van der Waals surface area contributed by atoms with Gasteiger partial charge < -0.3 is 30.6 Å². The topological polar surface area (TPSA) is 139 Å². The van der Waals surface area contributed by atoms with Crippen LogP contribution in [0.1, 0.15) is 55.4 Å². The van der Waals surface area contributed by atoms with Crippen molar-refractivity contribution in [2.75, 3.05) is 57.6 Å². The molecule has 0 spiro atoms. The van der Waals surface area contributed by atoms with Gasteiger partial charge >= 0.3 is 0 Å². The number of anilines is 2. The maximum Gasteiger partial charge on any atom is 0.268 e. The van der Waals surface area contributed by atoms with Gasteiger partial charge in [-0.2, -0.15) is 12.6 Å². The highest BCUT2D eigenvalue weighted by atomic mass is 32.1. The molecule has 0 fully saturated rings. The maximum atomic E-state index is 13.9. The van der Waals surface area contributed by atoms with Gasteiger partial charge in [0.25, 0.3) is 23.6 Å². The number of thiol groups is 1. The van der Waals surface area contributed by atoms with Gasteiger partial charge in [0, 0.05) is 67.0 Å². The second-order valence-corrected chi connectivity index (χ2v) is 11.3. The summed E-state index contributed by atoms with van der Waals surface area (Å²) in [5.74, 6) is -0.698. The molecule has 0 saturated heterocycles. The van der Waals surface area contributed by atoms with E-state index in [9.17, 15) is 19.2 Å². The highest BCUT2D eigenvalue weighted by Gasteiger charge is 2.35. The summed E-state index contributed by atoms with van der Waals surface area (Å²) in [6.07, 6.45) is 3.36. The number of likely N-dealkylation sites (N-methyl/N-ethyl adjacent to an activating group) is 1. The molecule has 0 aliphatic carbocycles. The zero-order valence-corrected chi connectivity index (χ0v) is 30.1. The Balaban J connectivity index is 0.00000136. The van der Waals surface area contributed by atoms with Gasteiger partial charge in [-0.1, -0.05) is 44.2 Å². The molecule has 1 aromatic heterocycles. The van der Waals surface area contributed by atoms with E-state index in [1.807, 2.05) is 56.1 Å². The molecule has 11 nitrogen and oxygen atoms in total. The van der Waals surface area contributed by atoms with Crippen LogP contribution in [-0.2, 0) is 7.05 Å². The van der Waals surface area contributed by atoms with E-state index in [0.29, 0.717) is 64.5 Å². The number of imide groups is 1. The highest BCUT2D eigenvalue weighted by molar-refractivity contribution is 7.79. The van der Waals surface area contributed by atoms with Crippen molar-refractivity contribution < 1.29 is 23.9 Å². The van der Waals surface area contributed by atoms with Crippen molar-refractivity contribution in [3.05, 3.63) is 101 Å². The Morgan fingerprint density at radius 2 is 1.64 bits per heavy atom. The summed E-state index contributed by atoms with van der Waals surface area (Å²) >= 11 is 3.53. The number of carbonyl (C=O) groups is 4. The smallest absolute Gasteiger partial charge is 0.268 e. The number of nitrogens with two attached hydrogens (primary N) is 1.